The van der Waals surface area contributed by atoms with Crippen molar-refractivity contribution in [2.24, 2.45) is 4.99 Å². The number of methoxy groups -OCH3 is 1. The van der Waals surface area contributed by atoms with Gasteiger partial charge >= 0.3 is 0 Å². The molecule has 3 unspecified atom stereocenters. The van der Waals surface area contributed by atoms with Crippen molar-refractivity contribution in [1.29, 1.82) is 0 Å². The minimum atomic E-state index is -0.700. The number of rotatable bonds is 8. The number of benzene rings is 1. The van der Waals surface area contributed by atoms with Gasteiger partial charge in [0.25, 0.3) is 0 Å². The molecule has 160 valence electrons. The van der Waals surface area contributed by atoms with Crippen LogP contribution in [0.3, 0.4) is 0 Å². The van der Waals surface area contributed by atoms with Gasteiger partial charge in [-0.05, 0) is 56.7 Å². The van der Waals surface area contributed by atoms with Gasteiger partial charge in [0, 0.05) is 40.9 Å². The molecule has 1 aliphatic carbocycles. The number of nitrogens with one attached hydrogen (secondary N) is 2. The average molecular weight is 522 g/mol. The van der Waals surface area contributed by atoms with Crippen molar-refractivity contribution in [2.45, 2.75) is 64.2 Å². The fourth-order valence-corrected chi connectivity index (χ4v) is 4.93. The molecule has 5 nitrogen and oxygen atoms in total. The van der Waals surface area contributed by atoms with Crippen LogP contribution in [0.15, 0.2) is 23.2 Å². The number of nitrogens with zero attached hydrogens (tertiary/aromatic N) is 1. The fourth-order valence-electron chi connectivity index (χ4n) is 3.58. The van der Waals surface area contributed by atoms with E-state index >= 15 is 0 Å². The van der Waals surface area contributed by atoms with Gasteiger partial charge in [-0.15, -0.1) is 24.0 Å². The Kier molecular flexibility index (Phi) is 12.1. The maximum atomic E-state index is 12.2. The highest BCUT2D eigenvalue weighted by atomic mass is 127. The van der Waals surface area contributed by atoms with Crippen LogP contribution in [0.4, 0.5) is 0 Å². The second-order valence-corrected chi connectivity index (χ2v) is 9.12. The van der Waals surface area contributed by atoms with Gasteiger partial charge in [-0.1, -0.05) is 25.5 Å². The molecule has 0 bridgehead atoms. The number of aryl methyl sites for hydroxylation is 1. The van der Waals surface area contributed by atoms with Crippen molar-refractivity contribution >= 4 is 40.7 Å². The maximum Gasteiger partial charge on any atom is 0.191 e. The lowest BCUT2D eigenvalue weighted by Gasteiger charge is -2.30. The summed E-state index contributed by atoms with van der Waals surface area (Å²) in [5, 5.41) is 7.23. The SMILES string of the molecule is CCNC(=NCCc1ccc(C)c(OC)c1)NC1CCCC(S(=O)CC)C1.I. The third kappa shape index (κ3) is 7.89. The van der Waals surface area contributed by atoms with E-state index in [4.69, 9.17) is 9.73 Å². The topological polar surface area (TPSA) is 62.7 Å². The van der Waals surface area contributed by atoms with Gasteiger partial charge in [0.15, 0.2) is 5.96 Å². The molecule has 28 heavy (non-hydrogen) atoms. The van der Waals surface area contributed by atoms with Gasteiger partial charge in [-0.25, -0.2) is 0 Å². The fraction of sp³-hybridized carbons (Fsp3) is 0.667. The van der Waals surface area contributed by atoms with Gasteiger partial charge in [0.05, 0.1) is 7.11 Å². The van der Waals surface area contributed by atoms with Crippen LogP contribution < -0.4 is 15.4 Å². The Morgan fingerprint density at radius 1 is 1.32 bits per heavy atom. The first-order chi connectivity index (χ1) is 13.1. The molecule has 0 heterocycles. The summed E-state index contributed by atoms with van der Waals surface area (Å²) in [6, 6.07) is 6.69. The highest BCUT2D eigenvalue weighted by Crippen LogP contribution is 2.23. The first-order valence-corrected chi connectivity index (χ1v) is 11.5. The minimum Gasteiger partial charge on any atom is -0.496 e. The Labute approximate surface area is 190 Å². The quantitative estimate of drug-likeness (QED) is 0.311. The van der Waals surface area contributed by atoms with Gasteiger partial charge in [-0.3, -0.25) is 9.20 Å². The molecular formula is C21H36IN3O2S. The van der Waals surface area contributed by atoms with Crippen LogP contribution in [0.1, 0.15) is 50.7 Å². The molecule has 0 aliphatic heterocycles. The summed E-state index contributed by atoms with van der Waals surface area (Å²) in [4.78, 5) is 4.75. The monoisotopic (exact) mass is 521 g/mol. The Morgan fingerprint density at radius 2 is 2.11 bits per heavy atom. The summed E-state index contributed by atoms with van der Waals surface area (Å²) in [5.41, 5.74) is 2.38. The Bertz CT molecular complexity index is 655. The molecule has 1 aromatic carbocycles. The Balaban J connectivity index is 0.00000392. The van der Waals surface area contributed by atoms with E-state index in [9.17, 15) is 4.21 Å². The van der Waals surface area contributed by atoms with E-state index in [1.54, 1.807) is 7.11 Å². The summed E-state index contributed by atoms with van der Waals surface area (Å²) in [5.74, 6) is 2.55. The summed E-state index contributed by atoms with van der Waals surface area (Å²) < 4.78 is 17.6. The lowest BCUT2D eigenvalue weighted by molar-refractivity contribution is 0.411. The zero-order chi connectivity index (χ0) is 19.6. The Hall–Kier alpha value is -0.830. The van der Waals surface area contributed by atoms with Gasteiger partial charge in [0.2, 0.25) is 0 Å². The molecule has 0 saturated heterocycles. The van der Waals surface area contributed by atoms with Crippen molar-refractivity contribution in [3.63, 3.8) is 0 Å². The third-order valence-corrected chi connectivity index (χ3v) is 6.85. The first-order valence-electron chi connectivity index (χ1n) is 10.1. The van der Waals surface area contributed by atoms with Crippen LogP contribution in [0.5, 0.6) is 5.75 Å². The van der Waals surface area contributed by atoms with Crippen molar-refractivity contribution in [3.8, 4) is 5.75 Å². The molecule has 1 aliphatic rings. The third-order valence-electron chi connectivity index (χ3n) is 5.11. The van der Waals surface area contributed by atoms with E-state index in [1.807, 2.05) is 6.92 Å². The standard InChI is InChI=1S/C21H35N3O2S.HI/c1-5-22-21(24-18-8-7-9-19(15-18)27(25)6-2)23-13-12-17-11-10-16(3)20(14-17)26-4;/h10-11,14,18-19H,5-9,12-13,15H2,1-4H3,(H2,22,23,24);1H. The van der Waals surface area contributed by atoms with Gasteiger partial charge in [-0.2, -0.15) is 0 Å². The largest absolute Gasteiger partial charge is 0.496 e. The lowest BCUT2D eigenvalue weighted by atomic mass is 9.95. The summed E-state index contributed by atoms with van der Waals surface area (Å²) in [7, 11) is 1.01. The molecule has 7 heteroatoms. The molecule has 3 atom stereocenters. The highest BCUT2D eigenvalue weighted by Gasteiger charge is 2.25. The van der Waals surface area contributed by atoms with Crippen molar-refractivity contribution in [3.05, 3.63) is 29.3 Å². The van der Waals surface area contributed by atoms with Crippen LogP contribution in [0.2, 0.25) is 0 Å². The second-order valence-electron chi connectivity index (χ2n) is 7.11. The van der Waals surface area contributed by atoms with Gasteiger partial charge in [0.1, 0.15) is 5.75 Å². The van der Waals surface area contributed by atoms with Gasteiger partial charge < -0.3 is 15.4 Å². The van der Waals surface area contributed by atoms with E-state index in [0.717, 1.165) is 68.2 Å². The van der Waals surface area contributed by atoms with Crippen LogP contribution >= 0.6 is 24.0 Å². The van der Waals surface area contributed by atoms with Crippen molar-refractivity contribution in [1.82, 2.24) is 10.6 Å². The smallest absolute Gasteiger partial charge is 0.191 e. The number of hydrogen-bond acceptors (Lipinski definition) is 3. The average Bonchev–Trinajstić information content (AvgIpc) is 2.69. The molecule has 2 N–H and O–H groups in total. The molecule has 1 saturated carbocycles. The van der Waals surface area contributed by atoms with Crippen molar-refractivity contribution < 1.29 is 8.95 Å². The molecule has 2 rings (SSSR count). The molecule has 0 aromatic heterocycles. The lowest BCUT2D eigenvalue weighted by Crippen LogP contribution is -2.46. The summed E-state index contributed by atoms with van der Waals surface area (Å²) in [6.45, 7) is 7.70. The molecular weight excluding hydrogens is 485 g/mol. The van der Waals surface area contributed by atoms with E-state index in [0.29, 0.717) is 11.3 Å². The first kappa shape index (κ1) is 25.2. The molecule has 0 amide bonds. The normalized spacial score (nSPS) is 20.8. The molecule has 0 radical (unpaired) electrons. The van der Waals surface area contributed by atoms with E-state index in [-0.39, 0.29) is 24.0 Å². The van der Waals surface area contributed by atoms with E-state index < -0.39 is 10.8 Å². The van der Waals surface area contributed by atoms with E-state index in [2.05, 4.69) is 42.7 Å². The zero-order valence-corrected chi connectivity index (χ0v) is 20.8. The van der Waals surface area contributed by atoms with Crippen LogP contribution in [-0.2, 0) is 17.2 Å². The number of halogens is 1. The van der Waals surface area contributed by atoms with Crippen LogP contribution in [0, 0.1) is 6.92 Å². The second kappa shape index (κ2) is 13.4. The summed E-state index contributed by atoms with van der Waals surface area (Å²) in [6.07, 6.45) is 5.19. The maximum absolute atomic E-state index is 12.2. The van der Waals surface area contributed by atoms with E-state index in [1.165, 1.54) is 5.56 Å². The number of aliphatic imine (C=N–C) groups is 1. The predicted molar refractivity (Wildman–Crippen MR) is 131 cm³/mol. The number of hydrogen-bond donors (Lipinski definition) is 2. The van der Waals surface area contributed by atoms with Crippen LogP contribution in [-0.4, -0.2) is 47.4 Å². The Morgan fingerprint density at radius 3 is 2.79 bits per heavy atom. The number of ether oxygens (including phenoxy) is 1. The number of guanidine groups is 1. The molecule has 1 fully saturated rings. The zero-order valence-electron chi connectivity index (χ0n) is 17.6. The van der Waals surface area contributed by atoms with Crippen molar-refractivity contribution in [2.75, 3.05) is 26.0 Å². The summed E-state index contributed by atoms with van der Waals surface area (Å²) >= 11 is 0. The predicted octanol–water partition coefficient (Wildman–Crippen LogP) is 3.80. The highest BCUT2D eigenvalue weighted by molar-refractivity contribution is 14.0. The molecule has 0 spiro atoms. The minimum absolute atomic E-state index is 0. The van der Waals surface area contributed by atoms with Crippen LogP contribution in [0.25, 0.3) is 0 Å². The molecule has 1 aromatic rings.